The Bertz CT molecular complexity index is 1650. The fraction of sp³-hybridized carbons (Fsp3) is 0.344. The van der Waals surface area contributed by atoms with Crippen LogP contribution in [0.2, 0.25) is 0 Å². The van der Waals surface area contributed by atoms with Gasteiger partial charge in [-0.05, 0) is 78.6 Å². The largest absolute Gasteiger partial charge is 0.481 e. The zero-order valence-electron chi connectivity index (χ0n) is 23.5. The summed E-state index contributed by atoms with van der Waals surface area (Å²) >= 11 is 0. The van der Waals surface area contributed by atoms with Gasteiger partial charge in [-0.15, -0.1) is 0 Å². The molecule has 0 fully saturated rings. The summed E-state index contributed by atoms with van der Waals surface area (Å²) in [6, 6.07) is 17.7. The maximum absolute atomic E-state index is 13.8. The molecule has 0 spiro atoms. The third-order valence-electron chi connectivity index (χ3n) is 8.23. The molecule has 5 rings (SSSR count). The number of imide groups is 1. The average Bonchev–Trinajstić information content (AvgIpc) is 3.19. The minimum Gasteiger partial charge on any atom is -0.481 e. The minimum absolute atomic E-state index is 0.156. The first-order valence-corrected chi connectivity index (χ1v) is 15.3. The van der Waals surface area contributed by atoms with Gasteiger partial charge in [0.2, 0.25) is 10.0 Å². The number of benzene rings is 3. The van der Waals surface area contributed by atoms with Crippen LogP contribution >= 0.6 is 0 Å². The van der Waals surface area contributed by atoms with Gasteiger partial charge in [0.25, 0.3) is 11.8 Å². The summed E-state index contributed by atoms with van der Waals surface area (Å²) in [5.41, 5.74) is 4.41. The van der Waals surface area contributed by atoms with Gasteiger partial charge < -0.3 is 5.11 Å². The number of amides is 2. The molecule has 2 amide bonds. The van der Waals surface area contributed by atoms with Crippen LogP contribution in [0, 0.1) is 12.8 Å². The van der Waals surface area contributed by atoms with Crippen molar-refractivity contribution in [2.45, 2.75) is 57.4 Å². The van der Waals surface area contributed by atoms with Crippen molar-refractivity contribution in [2.24, 2.45) is 5.92 Å². The molecule has 0 saturated carbocycles. The van der Waals surface area contributed by atoms with E-state index in [-0.39, 0.29) is 42.8 Å². The molecule has 2 aliphatic rings. The number of fused-ring (bicyclic) bond motifs is 2. The van der Waals surface area contributed by atoms with Gasteiger partial charge in [-0.1, -0.05) is 49.4 Å². The number of hydrogen-bond acceptors (Lipinski definition) is 5. The first-order chi connectivity index (χ1) is 19.5. The standard InChI is InChI=1S/C32H34N2O6S/c1-4-34-31(37)26-14-13-24(16-28(26)32(34)38)27(17-30(35)36)23-12-10-21(3)25(15-23)19-33-18-20(2)9-11-22-7-5-6-8-29(22)41(33,39)40/h5-8,10,12-16,20,27H,4,9,11,17-19H2,1-3H3,(H,35,36)/t20-,27?/m0/s1. The van der Waals surface area contributed by atoms with E-state index in [9.17, 15) is 27.9 Å². The minimum atomic E-state index is -3.76. The van der Waals surface area contributed by atoms with Gasteiger partial charge in [0.05, 0.1) is 22.4 Å². The molecule has 1 N–H and O–H groups in total. The van der Waals surface area contributed by atoms with E-state index in [0.717, 1.165) is 23.1 Å². The van der Waals surface area contributed by atoms with Crippen LogP contribution in [0.15, 0.2) is 65.6 Å². The Kier molecular flexibility index (Phi) is 7.85. The first kappa shape index (κ1) is 28.7. The van der Waals surface area contributed by atoms with Crippen molar-refractivity contribution in [1.29, 1.82) is 0 Å². The van der Waals surface area contributed by atoms with Crippen LogP contribution in [-0.4, -0.2) is 53.6 Å². The van der Waals surface area contributed by atoms with Crippen LogP contribution < -0.4 is 0 Å². The van der Waals surface area contributed by atoms with Crippen molar-refractivity contribution in [2.75, 3.05) is 13.1 Å². The van der Waals surface area contributed by atoms with E-state index in [0.29, 0.717) is 34.6 Å². The summed E-state index contributed by atoms with van der Waals surface area (Å²) in [5.74, 6) is -2.18. The number of carbonyl (C=O) groups excluding carboxylic acids is 2. The molecule has 41 heavy (non-hydrogen) atoms. The number of rotatable bonds is 7. The van der Waals surface area contributed by atoms with Crippen LogP contribution in [0.25, 0.3) is 0 Å². The molecule has 3 aromatic carbocycles. The number of nitrogens with zero attached hydrogens (tertiary/aromatic N) is 2. The molecular weight excluding hydrogens is 540 g/mol. The monoisotopic (exact) mass is 574 g/mol. The fourth-order valence-corrected chi connectivity index (χ4v) is 7.66. The number of carbonyl (C=O) groups is 3. The number of sulfonamides is 1. The zero-order chi connectivity index (χ0) is 29.5. The molecule has 214 valence electrons. The molecule has 3 aromatic rings. The highest BCUT2D eigenvalue weighted by Gasteiger charge is 2.35. The van der Waals surface area contributed by atoms with Crippen molar-refractivity contribution in [3.8, 4) is 0 Å². The van der Waals surface area contributed by atoms with E-state index < -0.39 is 21.9 Å². The molecule has 0 saturated heterocycles. The Morgan fingerprint density at radius 3 is 2.41 bits per heavy atom. The van der Waals surface area contributed by atoms with Gasteiger partial charge >= 0.3 is 5.97 Å². The predicted octanol–water partition coefficient (Wildman–Crippen LogP) is 4.99. The average molecular weight is 575 g/mol. The molecule has 0 bridgehead atoms. The fourth-order valence-electron chi connectivity index (χ4n) is 5.87. The van der Waals surface area contributed by atoms with Crippen molar-refractivity contribution in [3.63, 3.8) is 0 Å². The molecule has 0 aromatic heterocycles. The lowest BCUT2D eigenvalue weighted by Crippen LogP contribution is -2.36. The number of aryl methyl sites for hydroxylation is 2. The Balaban J connectivity index is 1.53. The van der Waals surface area contributed by atoms with Crippen LogP contribution in [0.1, 0.15) is 81.1 Å². The highest BCUT2D eigenvalue weighted by molar-refractivity contribution is 7.89. The summed E-state index contributed by atoms with van der Waals surface area (Å²) < 4.78 is 29.2. The van der Waals surface area contributed by atoms with E-state index in [1.807, 2.05) is 37.3 Å². The van der Waals surface area contributed by atoms with Crippen LogP contribution in [0.5, 0.6) is 0 Å². The SMILES string of the molecule is CCN1C(=O)c2ccc(C(CC(=O)O)c3ccc(C)c(CN4C[C@@H](C)CCc5ccccc5S4(=O)=O)c3)cc2C1=O. The molecule has 8 nitrogen and oxygen atoms in total. The number of hydrogen-bond donors (Lipinski definition) is 1. The molecule has 2 atom stereocenters. The van der Waals surface area contributed by atoms with Crippen molar-refractivity contribution in [3.05, 3.63) is 99.6 Å². The van der Waals surface area contributed by atoms with E-state index in [1.54, 1.807) is 37.3 Å². The van der Waals surface area contributed by atoms with Gasteiger partial charge in [-0.2, -0.15) is 4.31 Å². The van der Waals surface area contributed by atoms with Gasteiger partial charge in [0.15, 0.2) is 0 Å². The first-order valence-electron chi connectivity index (χ1n) is 13.9. The molecule has 1 unspecified atom stereocenters. The van der Waals surface area contributed by atoms with E-state index in [4.69, 9.17) is 0 Å². The van der Waals surface area contributed by atoms with E-state index in [2.05, 4.69) is 6.92 Å². The van der Waals surface area contributed by atoms with Crippen LogP contribution in [0.4, 0.5) is 0 Å². The zero-order valence-corrected chi connectivity index (χ0v) is 24.3. The lowest BCUT2D eigenvalue weighted by Gasteiger charge is -2.30. The molecule has 9 heteroatoms. The molecular formula is C32H34N2O6S. The van der Waals surface area contributed by atoms with Crippen molar-refractivity contribution >= 4 is 27.8 Å². The third kappa shape index (κ3) is 5.44. The van der Waals surface area contributed by atoms with Gasteiger partial charge in [0, 0.05) is 25.6 Å². The van der Waals surface area contributed by atoms with Crippen molar-refractivity contribution in [1.82, 2.24) is 9.21 Å². The number of carboxylic acids is 1. The van der Waals surface area contributed by atoms with Gasteiger partial charge in [0.1, 0.15) is 0 Å². The second-order valence-corrected chi connectivity index (χ2v) is 13.0. The number of carboxylic acid groups (broad SMARTS) is 1. The van der Waals surface area contributed by atoms with E-state index >= 15 is 0 Å². The van der Waals surface area contributed by atoms with Crippen LogP contribution in [-0.2, 0) is 27.8 Å². The molecule has 0 radical (unpaired) electrons. The van der Waals surface area contributed by atoms with Crippen LogP contribution in [0.3, 0.4) is 0 Å². The van der Waals surface area contributed by atoms with E-state index in [1.165, 1.54) is 9.21 Å². The topological polar surface area (TPSA) is 112 Å². The second kappa shape index (κ2) is 11.2. The lowest BCUT2D eigenvalue weighted by molar-refractivity contribution is -0.137. The Morgan fingerprint density at radius 1 is 1.00 bits per heavy atom. The predicted molar refractivity (Wildman–Crippen MR) is 154 cm³/mol. The summed E-state index contributed by atoms with van der Waals surface area (Å²) in [7, 11) is -3.76. The second-order valence-electron chi connectivity index (χ2n) is 11.0. The Labute approximate surface area is 240 Å². The highest BCUT2D eigenvalue weighted by Crippen LogP contribution is 2.34. The maximum Gasteiger partial charge on any atom is 0.304 e. The summed E-state index contributed by atoms with van der Waals surface area (Å²) in [5, 5.41) is 9.79. The summed E-state index contributed by atoms with van der Waals surface area (Å²) in [4.78, 5) is 38.9. The normalized spacial score (nSPS) is 19.3. The smallest absolute Gasteiger partial charge is 0.304 e. The lowest BCUT2D eigenvalue weighted by atomic mass is 9.85. The molecule has 0 aliphatic carbocycles. The Hall–Kier alpha value is -3.82. The highest BCUT2D eigenvalue weighted by atomic mass is 32.2. The van der Waals surface area contributed by atoms with Crippen molar-refractivity contribution < 1.29 is 27.9 Å². The van der Waals surface area contributed by atoms with Gasteiger partial charge in [-0.3, -0.25) is 19.3 Å². The maximum atomic E-state index is 13.8. The van der Waals surface area contributed by atoms with Gasteiger partial charge in [-0.25, -0.2) is 8.42 Å². The summed E-state index contributed by atoms with van der Waals surface area (Å²) in [6.45, 7) is 6.50. The third-order valence-corrected chi connectivity index (χ3v) is 10.1. The molecule has 2 heterocycles. The Morgan fingerprint density at radius 2 is 1.68 bits per heavy atom. The summed E-state index contributed by atoms with van der Waals surface area (Å²) in [6.07, 6.45) is 1.35. The number of aliphatic carboxylic acids is 1. The molecule has 2 aliphatic heterocycles. The quantitative estimate of drug-likeness (QED) is 0.398.